The molecule has 0 aliphatic heterocycles. The van der Waals surface area contributed by atoms with Gasteiger partial charge in [-0.25, -0.2) is 0 Å². The summed E-state index contributed by atoms with van der Waals surface area (Å²) in [6.07, 6.45) is 9.66. The molecule has 0 aliphatic carbocycles. The van der Waals surface area contributed by atoms with Crippen LogP contribution in [-0.4, -0.2) is 40.7 Å². The summed E-state index contributed by atoms with van der Waals surface area (Å²) in [6.45, 7) is 13.8. The number of unbranched alkanes of at least 4 members (excludes halogenated alkanes) is 4. The van der Waals surface area contributed by atoms with Gasteiger partial charge in [0.2, 0.25) is 0 Å². The Morgan fingerprint density at radius 1 is 0.520 bits per heavy atom. The molecule has 0 heterocycles. The van der Waals surface area contributed by atoms with Crippen LogP contribution in [0.4, 0.5) is 0 Å². The summed E-state index contributed by atoms with van der Waals surface area (Å²) >= 11 is 0. The summed E-state index contributed by atoms with van der Waals surface area (Å²) in [5.74, 6) is 0. The van der Waals surface area contributed by atoms with Crippen LogP contribution < -0.4 is 0 Å². The molecule has 0 aromatic heterocycles. The van der Waals surface area contributed by atoms with Crippen LogP contribution in [0.1, 0.15) is 92.4 Å². The Morgan fingerprint density at radius 2 is 0.800 bits per heavy atom. The SMILES string of the molecule is CCCCOB(OCCCC)C(CC)B(OCCCC)OCCCC. The third kappa shape index (κ3) is 12.9. The van der Waals surface area contributed by atoms with Gasteiger partial charge in [0.15, 0.2) is 0 Å². The Balaban J connectivity index is 4.83. The lowest BCUT2D eigenvalue weighted by molar-refractivity contribution is 0.162. The zero-order valence-electron chi connectivity index (χ0n) is 17.6. The van der Waals surface area contributed by atoms with Gasteiger partial charge >= 0.3 is 14.2 Å². The van der Waals surface area contributed by atoms with E-state index in [-0.39, 0.29) is 20.0 Å². The van der Waals surface area contributed by atoms with Crippen molar-refractivity contribution >= 4 is 14.2 Å². The van der Waals surface area contributed by atoms with Crippen molar-refractivity contribution < 1.29 is 18.6 Å². The molecule has 0 atom stereocenters. The molecule has 0 bridgehead atoms. The molecule has 0 radical (unpaired) electrons. The normalized spacial score (nSPS) is 11.3. The summed E-state index contributed by atoms with van der Waals surface area (Å²) in [6, 6.07) is 0. The summed E-state index contributed by atoms with van der Waals surface area (Å²) in [7, 11) is -0.479. The lowest BCUT2D eigenvalue weighted by Crippen LogP contribution is -2.42. The van der Waals surface area contributed by atoms with Crippen molar-refractivity contribution in [3.63, 3.8) is 0 Å². The van der Waals surface area contributed by atoms with Gasteiger partial charge in [-0.15, -0.1) is 0 Å². The third-order valence-electron chi connectivity index (χ3n) is 4.29. The first kappa shape index (κ1) is 25.0. The molecule has 0 unspecified atom stereocenters. The van der Waals surface area contributed by atoms with E-state index in [4.69, 9.17) is 18.6 Å². The van der Waals surface area contributed by atoms with E-state index in [0.717, 1.165) is 84.2 Å². The van der Waals surface area contributed by atoms with Gasteiger partial charge in [0, 0.05) is 32.1 Å². The van der Waals surface area contributed by atoms with Crippen LogP contribution in [0.25, 0.3) is 0 Å². The molecular formula is C19H42B2O4. The van der Waals surface area contributed by atoms with Crippen LogP contribution >= 0.6 is 0 Å². The maximum atomic E-state index is 6.09. The Kier molecular flexibility index (Phi) is 18.7. The van der Waals surface area contributed by atoms with E-state index in [1.807, 2.05) is 0 Å². The van der Waals surface area contributed by atoms with Gasteiger partial charge in [-0.2, -0.15) is 0 Å². The van der Waals surface area contributed by atoms with Crippen molar-refractivity contribution in [2.45, 2.75) is 98.1 Å². The lowest BCUT2D eigenvalue weighted by atomic mass is 9.50. The largest absolute Gasteiger partial charge is 0.457 e. The molecule has 0 amide bonds. The van der Waals surface area contributed by atoms with E-state index < -0.39 is 0 Å². The number of rotatable bonds is 19. The van der Waals surface area contributed by atoms with Gasteiger partial charge < -0.3 is 18.6 Å². The van der Waals surface area contributed by atoms with Gasteiger partial charge in [0.05, 0.1) is 0 Å². The molecule has 0 saturated heterocycles. The minimum absolute atomic E-state index is 0.113. The third-order valence-corrected chi connectivity index (χ3v) is 4.29. The molecule has 0 fully saturated rings. The molecule has 0 aliphatic rings. The predicted molar refractivity (Wildman–Crippen MR) is 109 cm³/mol. The smallest absolute Gasteiger partial charge is 0.411 e. The van der Waals surface area contributed by atoms with Crippen LogP contribution in [-0.2, 0) is 18.6 Å². The van der Waals surface area contributed by atoms with Crippen molar-refractivity contribution in [1.82, 2.24) is 0 Å². The second kappa shape index (κ2) is 18.8. The van der Waals surface area contributed by atoms with Crippen molar-refractivity contribution in [1.29, 1.82) is 0 Å². The fourth-order valence-corrected chi connectivity index (χ4v) is 2.48. The second-order valence-corrected chi connectivity index (χ2v) is 6.71. The highest BCUT2D eigenvalue weighted by Crippen LogP contribution is 2.24. The Hall–Kier alpha value is -0.0301. The predicted octanol–water partition coefficient (Wildman–Crippen LogP) is 5.55. The van der Waals surface area contributed by atoms with Crippen molar-refractivity contribution in [2.75, 3.05) is 26.4 Å². The molecule has 0 spiro atoms. The quantitative estimate of drug-likeness (QED) is 0.225. The van der Waals surface area contributed by atoms with E-state index >= 15 is 0 Å². The molecule has 6 heteroatoms. The van der Waals surface area contributed by atoms with Crippen LogP contribution in [0, 0.1) is 0 Å². The number of hydrogen-bond donors (Lipinski definition) is 0. The average Bonchev–Trinajstić information content (AvgIpc) is 2.62. The molecule has 25 heavy (non-hydrogen) atoms. The number of hydrogen-bond acceptors (Lipinski definition) is 4. The van der Waals surface area contributed by atoms with Crippen molar-refractivity contribution in [3.05, 3.63) is 0 Å². The summed E-state index contributed by atoms with van der Waals surface area (Å²) < 4.78 is 24.4. The molecule has 148 valence electrons. The van der Waals surface area contributed by atoms with E-state index in [2.05, 4.69) is 34.6 Å². The molecule has 4 nitrogen and oxygen atoms in total. The monoisotopic (exact) mass is 356 g/mol. The van der Waals surface area contributed by atoms with E-state index in [9.17, 15) is 0 Å². The fourth-order valence-electron chi connectivity index (χ4n) is 2.48. The van der Waals surface area contributed by atoms with Gasteiger partial charge in [-0.3, -0.25) is 0 Å². The van der Waals surface area contributed by atoms with Crippen LogP contribution in [0.3, 0.4) is 0 Å². The van der Waals surface area contributed by atoms with Gasteiger partial charge in [-0.05, 0) is 25.7 Å². The lowest BCUT2D eigenvalue weighted by Gasteiger charge is -2.27. The van der Waals surface area contributed by atoms with Gasteiger partial charge in [0.1, 0.15) is 0 Å². The Morgan fingerprint density at radius 3 is 1.00 bits per heavy atom. The van der Waals surface area contributed by atoms with Crippen molar-refractivity contribution in [2.24, 2.45) is 0 Å². The van der Waals surface area contributed by atoms with Gasteiger partial charge in [-0.1, -0.05) is 66.7 Å². The Labute approximate surface area is 158 Å². The standard InChI is InChI=1S/C19H42B2O4/c1-6-11-15-22-20(23-16-12-7-2)19(10-5)21(24-17-13-8-3)25-18-14-9-4/h19H,6-18H2,1-5H3. The molecule has 0 rings (SSSR count). The topological polar surface area (TPSA) is 36.9 Å². The van der Waals surface area contributed by atoms with E-state index in [1.54, 1.807) is 0 Å². The zero-order valence-corrected chi connectivity index (χ0v) is 17.6. The second-order valence-electron chi connectivity index (χ2n) is 6.71. The molecule has 0 saturated carbocycles. The van der Waals surface area contributed by atoms with E-state index in [0.29, 0.717) is 0 Å². The van der Waals surface area contributed by atoms with Crippen LogP contribution in [0.15, 0.2) is 0 Å². The Bertz CT molecular complexity index is 226. The highest BCUT2D eigenvalue weighted by atomic mass is 16.6. The average molecular weight is 356 g/mol. The zero-order chi connectivity index (χ0) is 18.8. The highest BCUT2D eigenvalue weighted by molar-refractivity contribution is 6.67. The molecule has 0 N–H and O–H groups in total. The summed E-state index contributed by atoms with van der Waals surface area (Å²) in [5.41, 5.74) is 0.113. The minimum atomic E-state index is -0.239. The maximum Gasteiger partial charge on any atom is 0.457 e. The molecule has 0 aromatic rings. The highest BCUT2D eigenvalue weighted by Gasteiger charge is 2.41. The van der Waals surface area contributed by atoms with Crippen LogP contribution in [0.5, 0.6) is 0 Å². The van der Waals surface area contributed by atoms with Crippen molar-refractivity contribution in [3.8, 4) is 0 Å². The fraction of sp³-hybridized carbons (Fsp3) is 1.00. The minimum Gasteiger partial charge on any atom is -0.411 e. The summed E-state index contributed by atoms with van der Waals surface area (Å²) in [5, 5.41) is 0. The van der Waals surface area contributed by atoms with E-state index in [1.165, 1.54) is 0 Å². The first-order valence-electron chi connectivity index (χ1n) is 10.7. The first-order chi connectivity index (χ1) is 12.2. The first-order valence-corrected chi connectivity index (χ1v) is 10.7. The summed E-state index contributed by atoms with van der Waals surface area (Å²) in [4.78, 5) is 0. The van der Waals surface area contributed by atoms with Gasteiger partial charge in [0.25, 0.3) is 0 Å². The van der Waals surface area contributed by atoms with Crippen LogP contribution in [0.2, 0.25) is 5.72 Å². The molecule has 0 aromatic carbocycles. The maximum absolute atomic E-state index is 6.09. The molecular weight excluding hydrogens is 314 g/mol.